The molecule has 0 spiro atoms. The molecule has 0 fully saturated rings. The van der Waals surface area contributed by atoms with E-state index < -0.39 is 5.97 Å². The fourth-order valence-electron chi connectivity index (χ4n) is 2.97. The van der Waals surface area contributed by atoms with E-state index >= 15 is 0 Å². The smallest absolute Gasteiger partial charge is 0.341 e. The lowest BCUT2D eigenvalue weighted by molar-refractivity contribution is 0.0601. The van der Waals surface area contributed by atoms with Gasteiger partial charge in [-0.25, -0.2) is 4.79 Å². The number of carbonyl (C=O) groups is 2. The maximum absolute atomic E-state index is 12.5. The van der Waals surface area contributed by atoms with Crippen LogP contribution in [0.4, 0.5) is 5.00 Å². The van der Waals surface area contributed by atoms with Gasteiger partial charge in [-0.05, 0) is 41.6 Å². The number of methoxy groups -OCH3 is 1. The molecule has 8 heteroatoms. The van der Waals surface area contributed by atoms with Crippen molar-refractivity contribution >= 4 is 39.6 Å². The van der Waals surface area contributed by atoms with Crippen LogP contribution in [0.25, 0.3) is 0 Å². The maximum Gasteiger partial charge on any atom is 0.341 e. The van der Waals surface area contributed by atoms with Gasteiger partial charge in [-0.1, -0.05) is 12.1 Å². The number of thiophene rings is 2. The number of fused-ring (bicyclic) bond motifs is 1. The van der Waals surface area contributed by atoms with Gasteiger partial charge in [0, 0.05) is 11.3 Å². The summed E-state index contributed by atoms with van der Waals surface area (Å²) in [6.45, 7) is 2.09. The van der Waals surface area contributed by atoms with Crippen molar-refractivity contribution in [3.8, 4) is 11.5 Å². The lowest BCUT2D eigenvalue weighted by atomic mass is 10.1. The van der Waals surface area contributed by atoms with Gasteiger partial charge in [-0.3, -0.25) is 4.79 Å². The molecule has 1 aliphatic heterocycles. The van der Waals surface area contributed by atoms with Crippen LogP contribution in [0.5, 0.6) is 11.5 Å². The highest BCUT2D eigenvalue weighted by Crippen LogP contribution is 2.38. The summed E-state index contributed by atoms with van der Waals surface area (Å²) in [5, 5.41) is 5.19. The summed E-state index contributed by atoms with van der Waals surface area (Å²) in [6, 6.07) is 9.33. The fourth-order valence-corrected chi connectivity index (χ4v) is 4.82. The van der Waals surface area contributed by atoms with E-state index in [4.69, 9.17) is 14.2 Å². The molecule has 3 heterocycles. The summed E-state index contributed by atoms with van der Waals surface area (Å²) >= 11 is 2.73. The molecule has 0 bridgehead atoms. The molecule has 144 valence electrons. The van der Waals surface area contributed by atoms with Gasteiger partial charge in [-0.15, -0.1) is 22.7 Å². The molecule has 1 amide bonds. The number of nitrogens with one attached hydrogen (secondary N) is 1. The van der Waals surface area contributed by atoms with Crippen molar-refractivity contribution in [2.45, 2.75) is 13.3 Å². The largest absolute Gasteiger partial charge is 0.465 e. The topological polar surface area (TPSA) is 73.9 Å². The first kappa shape index (κ1) is 18.5. The number of ether oxygens (including phenoxy) is 3. The Labute approximate surface area is 169 Å². The van der Waals surface area contributed by atoms with Gasteiger partial charge >= 0.3 is 5.97 Å². The number of hydrogen-bond donors (Lipinski definition) is 1. The molecule has 1 aliphatic rings. The Hall–Kier alpha value is -2.84. The van der Waals surface area contributed by atoms with E-state index in [2.05, 4.69) is 5.32 Å². The SMILES string of the molecule is COC(=O)c1c(NC(=O)c2cccs2)sc(Cc2ccc3c(c2)OCO3)c1C. The minimum Gasteiger partial charge on any atom is -0.465 e. The van der Waals surface area contributed by atoms with Crippen molar-refractivity contribution in [1.82, 2.24) is 0 Å². The molecular weight excluding hydrogens is 398 g/mol. The Morgan fingerprint density at radius 2 is 2.04 bits per heavy atom. The zero-order valence-corrected chi connectivity index (χ0v) is 16.9. The lowest BCUT2D eigenvalue weighted by Gasteiger charge is -2.05. The Bertz CT molecular complexity index is 1040. The van der Waals surface area contributed by atoms with E-state index in [0.29, 0.717) is 27.6 Å². The quantitative estimate of drug-likeness (QED) is 0.622. The van der Waals surface area contributed by atoms with Gasteiger partial charge in [0.25, 0.3) is 5.91 Å². The van der Waals surface area contributed by atoms with Crippen LogP contribution in [0.2, 0.25) is 0 Å². The number of amides is 1. The minimum absolute atomic E-state index is 0.224. The van der Waals surface area contributed by atoms with Crippen molar-refractivity contribution in [3.63, 3.8) is 0 Å². The van der Waals surface area contributed by atoms with Gasteiger partial charge in [0.05, 0.1) is 17.6 Å². The Balaban J connectivity index is 1.65. The van der Waals surface area contributed by atoms with Gasteiger partial charge in [0.1, 0.15) is 5.00 Å². The predicted molar refractivity (Wildman–Crippen MR) is 108 cm³/mol. The third-order valence-corrected chi connectivity index (χ3v) is 6.48. The Morgan fingerprint density at radius 1 is 1.21 bits per heavy atom. The molecule has 28 heavy (non-hydrogen) atoms. The minimum atomic E-state index is -0.466. The van der Waals surface area contributed by atoms with Crippen molar-refractivity contribution in [2.75, 3.05) is 19.2 Å². The fraction of sp³-hybridized carbons (Fsp3) is 0.200. The highest BCUT2D eigenvalue weighted by Gasteiger charge is 2.24. The van der Waals surface area contributed by atoms with Crippen molar-refractivity contribution in [1.29, 1.82) is 0 Å². The second-order valence-electron chi connectivity index (χ2n) is 6.14. The highest BCUT2D eigenvalue weighted by atomic mass is 32.1. The summed E-state index contributed by atoms with van der Waals surface area (Å²) in [7, 11) is 1.34. The number of anilines is 1. The number of rotatable bonds is 5. The van der Waals surface area contributed by atoms with Crippen LogP contribution in [0.1, 0.15) is 36.0 Å². The number of esters is 1. The van der Waals surface area contributed by atoms with Crippen molar-refractivity contribution in [3.05, 3.63) is 62.2 Å². The van der Waals surface area contributed by atoms with Crippen LogP contribution in [-0.2, 0) is 11.2 Å². The molecule has 0 radical (unpaired) electrons. The summed E-state index contributed by atoms with van der Waals surface area (Å²) in [4.78, 5) is 26.4. The second-order valence-corrected chi connectivity index (χ2v) is 8.19. The molecule has 0 aliphatic carbocycles. The summed E-state index contributed by atoms with van der Waals surface area (Å²) in [5.74, 6) is 0.736. The molecule has 1 aromatic carbocycles. The van der Waals surface area contributed by atoms with Crippen LogP contribution < -0.4 is 14.8 Å². The van der Waals surface area contributed by atoms with Crippen LogP contribution in [0.3, 0.4) is 0 Å². The summed E-state index contributed by atoms with van der Waals surface area (Å²) in [6.07, 6.45) is 0.603. The zero-order chi connectivity index (χ0) is 19.7. The molecule has 0 saturated heterocycles. The Morgan fingerprint density at radius 3 is 2.79 bits per heavy atom. The van der Waals surface area contributed by atoms with E-state index in [0.717, 1.165) is 21.8 Å². The molecule has 3 aromatic rings. The van der Waals surface area contributed by atoms with Crippen LogP contribution in [0, 0.1) is 6.92 Å². The standard InChI is InChI=1S/C20H17NO5S2/c1-11-16(9-12-5-6-13-14(8-12)26-10-25-13)28-19(17(11)20(23)24-2)21-18(22)15-4-3-7-27-15/h3-8H,9-10H2,1-2H3,(H,21,22). The predicted octanol–water partition coefficient (Wildman–Crippen LogP) is 4.48. The van der Waals surface area contributed by atoms with E-state index in [9.17, 15) is 9.59 Å². The normalized spacial score (nSPS) is 12.1. The molecule has 6 nitrogen and oxygen atoms in total. The molecule has 2 aromatic heterocycles. The second kappa shape index (κ2) is 7.65. The van der Waals surface area contributed by atoms with Crippen LogP contribution >= 0.6 is 22.7 Å². The average Bonchev–Trinajstić information content (AvgIpc) is 3.42. The molecular formula is C20H17NO5S2. The van der Waals surface area contributed by atoms with Gasteiger partial charge in [-0.2, -0.15) is 0 Å². The molecule has 1 N–H and O–H groups in total. The first-order valence-corrected chi connectivity index (χ1v) is 10.2. The third kappa shape index (κ3) is 3.48. The number of carbonyl (C=O) groups excluding carboxylic acids is 2. The van der Waals surface area contributed by atoms with E-state index in [1.165, 1.54) is 29.8 Å². The molecule has 0 unspecified atom stereocenters. The van der Waals surface area contributed by atoms with Gasteiger partial charge in [0.2, 0.25) is 6.79 Å². The third-order valence-electron chi connectivity index (χ3n) is 4.41. The van der Waals surface area contributed by atoms with Crippen LogP contribution in [-0.4, -0.2) is 25.8 Å². The highest BCUT2D eigenvalue weighted by molar-refractivity contribution is 7.17. The number of benzene rings is 1. The van der Waals surface area contributed by atoms with Crippen molar-refractivity contribution in [2.24, 2.45) is 0 Å². The van der Waals surface area contributed by atoms with Gasteiger partial charge < -0.3 is 19.5 Å². The Kier molecular flexibility index (Phi) is 5.06. The monoisotopic (exact) mass is 415 g/mol. The molecule has 0 atom stereocenters. The molecule has 4 rings (SSSR count). The number of hydrogen-bond acceptors (Lipinski definition) is 7. The average molecular weight is 415 g/mol. The van der Waals surface area contributed by atoms with Crippen LogP contribution in [0.15, 0.2) is 35.7 Å². The van der Waals surface area contributed by atoms with Gasteiger partial charge in [0.15, 0.2) is 11.5 Å². The zero-order valence-electron chi connectivity index (χ0n) is 15.2. The maximum atomic E-state index is 12.5. The first-order chi connectivity index (χ1) is 13.6. The molecule has 0 saturated carbocycles. The summed E-state index contributed by atoms with van der Waals surface area (Å²) < 4.78 is 15.7. The van der Waals surface area contributed by atoms with E-state index in [1.807, 2.05) is 36.6 Å². The van der Waals surface area contributed by atoms with E-state index in [1.54, 1.807) is 6.07 Å². The summed E-state index contributed by atoms with van der Waals surface area (Å²) in [5.41, 5.74) is 2.23. The lowest BCUT2D eigenvalue weighted by Crippen LogP contribution is -2.13. The first-order valence-electron chi connectivity index (χ1n) is 8.50. The van der Waals surface area contributed by atoms with Crippen molar-refractivity contribution < 1.29 is 23.8 Å². The van der Waals surface area contributed by atoms with E-state index in [-0.39, 0.29) is 12.7 Å².